The van der Waals surface area contributed by atoms with Gasteiger partial charge in [0.15, 0.2) is 5.82 Å². The summed E-state index contributed by atoms with van der Waals surface area (Å²) < 4.78 is 15.7. The topological polar surface area (TPSA) is 81.0 Å². The average Bonchev–Trinajstić information content (AvgIpc) is 2.93. The number of nitrogens with zero attached hydrogens (tertiary/aromatic N) is 3. The van der Waals surface area contributed by atoms with Crippen molar-refractivity contribution in [3.63, 3.8) is 0 Å². The van der Waals surface area contributed by atoms with Gasteiger partial charge in [0.05, 0.1) is 17.3 Å². The zero-order valence-electron chi connectivity index (χ0n) is 14.4. The van der Waals surface area contributed by atoms with Gasteiger partial charge in [-0.25, -0.2) is 18.7 Å². The summed E-state index contributed by atoms with van der Waals surface area (Å²) in [5, 5.41) is 9.96. The Morgan fingerprint density at radius 3 is 2.59 bits per heavy atom. The smallest absolute Gasteiger partial charge is 0.336 e. The van der Waals surface area contributed by atoms with Crippen LogP contribution in [0.2, 0.25) is 5.02 Å². The van der Waals surface area contributed by atoms with E-state index in [1.165, 1.54) is 21.4 Å². The molecule has 0 spiro atoms. The maximum atomic E-state index is 13.1. The summed E-state index contributed by atoms with van der Waals surface area (Å²) in [5.41, 5.74) is 0.784. The van der Waals surface area contributed by atoms with Crippen LogP contribution < -0.4 is 16.3 Å². The summed E-state index contributed by atoms with van der Waals surface area (Å²) in [5.74, 6) is 0.0532. The SMILES string of the molecule is Cn1c(-c2ccc(F)cc2)nn(CCNC(=O)Nc2ccccc2Cl)c1=O. The van der Waals surface area contributed by atoms with Crippen LogP contribution in [0.25, 0.3) is 11.4 Å². The van der Waals surface area contributed by atoms with Crippen LogP contribution in [0.15, 0.2) is 53.3 Å². The number of benzene rings is 2. The Hall–Kier alpha value is -3.13. The Balaban J connectivity index is 1.62. The van der Waals surface area contributed by atoms with Crippen LogP contribution in [-0.4, -0.2) is 26.9 Å². The number of para-hydroxylation sites is 1. The molecule has 0 bridgehead atoms. The fraction of sp³-hybridized carbons (Fsp3) is 0.167. The van der Waals surface area contributed by atoms with E-state index in [0.29, 0.717) is 22.1 Å². The van der Waals surface area contributed by atoms with Crippen molar-refractivity contribution in [2.24, 2.45) is 7.05 Å². The molecule has 0 atom stereocenters. The zero-order chi connectivity index (χ0) is 19.4. The Morgan fingerprint density at radius 1 is 1.19 bits per heavy atom. The lowest BCUT2D eigenvalue weighted by Gasteiger charge is -2.08. The molecule has 1 aromatic heterocycles. The van der Waals surface area contributed by atoms with E-state index in [4.69, 9.17) is 11.6 Å². The van der Waals surface area contributed by atoms with Crippen molar-refractivity contribution in [2.75, 3.05) is 11.9 Å². The van der Waals surface area contributed by atoms with Gasteiger partial charge in [0.25, 0.3) is 0 Å². The molecule has 1 heterocycles. The van der Waals surface area contributed by atoms with E-state index < -0.39 is 6.03 Å². The predicted molar refractivity (Wildman–Crippen MR) is 101 cm³/mol. The highest BCUT2D eigenvalue weighted by atomic mass is 35.5. The number of hydrogen-bond donors (Lipinski definition) is 2. The molecule has 27 heavy (non-hydrogen) atoms. The van der Waals surface area contributed by atoms with E-state index in [2.05, 4.69) is 15.7 Å². The first-order valence-electron chi connectivity index (χ1n) is 8.15. The quantitative estimate of drug-likeness (QED) is 0.704. The molecule has 0 saturated carbocycles. The summed E-state index contributed by atoms with van der Waals surface area (Å²) >= 11 is 5.98. The number of anilines is 1. The number of hydrogen-bond acceptors (Lipinski definition) is 3. The molecule has 3 rings (SSSR count). The van der Waals surface area contributed by atoms with E-state index in [1.54, 1.807) is 43.4 Å². The fourth-order valence-electron chi connectivity index (χ4n) is 2.49. The number of amides is 2. The second kappa shape index (κ2) is 8.05. The maximum absolute atomic E-state index is 13.1. The number of carbonyl (C=O) groups excluding carboxylic acids is 1. The molecule has 0 unspecified atom stereocenters. The maximum Gasteiger partial charge on any atom is 0.345 e. The largest absolute Gasteiger partial charge is 0.345 e. The van der Waals surface area contributed by atoms with Gasteiger partial charge in [0.2, 0.25) is 0 Å². The highest BCUT2D eigenvalue weighted by molar-refractivity contribution is 6.33. The number of aromatic nitrogens is 3. The van der Waals surface area contributed by atoms with Crippen molar-refractivity contribution in [3.05, 3.63) is 69.9 Å². The number of halogens is 2. The van der Waals surface area contributed by atoms with Crippen LogP contribution in [0.4, 0.5) is 14.9 Å². The molecule has 2 amide bonds. The molecule has 2 N–H and O–H groups in total. The molecule has 7 nitrogen and oxygen atoms in total. The normalized spacial score (nSPS) is 10.6. The fourth-order valence-corrected chi connectivity index (χ4v) is 2.67. The third kappa shape index (κ3) is 4.35. The van der Waals surface area contributed by atoms with E-state index in [0.717, 1.165) is 0 Å². The van der Waals surface area contributed by atoms with Crippen molar-refractivity contribution < 1.29 is 9.18 Å². The molecule has 0 saturated heterocycles. The van der Waals surface area contributed by atoms with E-state index in [1.807, 2.05) is 0 Å². The summed E-state index contributed by atoms with van der Waals surface area (Å²) in [7, 11) is 1.59. The first-order chi connectivity index (χ1) is 13.0. The average molecular weight is 390 g/mol. The van der Waals surface area contributed by atoms with Gasteiger partial charge >= 0.3 is 11.7 Å². The second-order valence-electron chi connectivity index (χ2n) is 5.76. The lowest BCUT2D eigenvalue weighted by atomic mass is 10.2. The zero-order valence-corrected chi connectivity index (χ0v) is 15.2. The first-order valence-corrected chi connectivity index (χ1v) is 8.52. The Morgan fingerprint density at radius 2 is 1.89 bits per heavy atom. The molecule has 2 aromatic carbocycles. The minimum atomic E-state index is -0.439. The third-order valence-corrected chi connectivity index (χ3v) is 4.20. The Labute approximate surface area is 159 Å². The minimum Gasteiger partial charge on any atom is -0.336 e. The van der Waals surface area contributed by atoms with Crippen LogP contribution in [0, 0.1) is 5.82 Å². The van der Waals surface area contributed by atoms with Crippen molar-refractivity contribution in [1.82, 2.24) is 19.7 Å². The van der Waals surface area contributed by atoms with Gasteiger partial charge in [0.1, 0.15) is 5.82 Å². The molecule has 0 fully saturated rings. The lowest BCUT2D eigenvalue weighted by molar-refractivity contribution is 0.251. The highest BCUT2D eigenvalue weighted by Gasteiger charge is 2.12. The molecule has 0 aliphatic rings. The summed E-state index contributed by atoms with van der Waals surface area (Å²) in [6.07, 6.45) is 0. The summed E-state index contributed by atoms with van der Waals surface area (Å²) in [6.45, 7) is 0.375. The lowest BCUT2D eigenvalue weighted by Crippen LogP contribution is -2.34. The summed E-state index contributed by atoms with van der Waals surface area (Å²) in [4.78, 5) is 24.2. The van der Waals surface area contributed by atoms with E-state index in [-0.39, 0.29) is 24.6 Å². The molecule has 3 aromatic rings. The standard InChI is InChI=1S/C18H17ClFN5O2/c1-24-16(12-6-8-13(20)9-7-12)23-25(18(24)27)11-10-21-17(26)22-15-5-3-2-4-14(15)19/h2-9H,10-11H2,1H3,(H2,21,22,26). The van der Waals surface area contributed by atoms with Crippen molar-refractivity contribution in [1.29, 1.82) is 0 Å². The van der Waals surface area contributed by atoms with Gasteiger partial charge in [-0.15, -0.1) is 5.10 Å². The van der Waals surface area contributed by atoms with E-state index >= 15 is 0 Å². The number of carbonyl (C=O) groups is 1. The summed E-state index contributed by atoms with van der Waals surface area (Å²) in [6, 6.07) is 12.1. The van der Waals surface area contributed by atoms with Gasteiger partial charge in [-0.3, -0.25) is 4.57 Å². The first kappa shape index (κ1) is 18.7. The van der Waals surface area contributed by atoms with Crippen LogP contribution in [0.1, 0.15) is 0 Å². The number of urea groups is 1. The van der Waals surface area contributed by atoms with Gasteiger partial charge in [-0.05, 0) is 36.4 Å². The van der Waals surface area contributed by atoms with Crippen molar-refractivity contribution in [2.45, 2.75) is 6.54 Å². The highest BCUT2D eigenvalue weighted by Crippen LogP contribution is 2.20. The van der Waals surface area contributed by atoms with Crippen LogP contribution in [0.3, 0.4) is 0 Å². The van der Waals surface area contributed by atoms with Gasteiger partial charge in [0, 0.05) is 19.2 Å². The molecule has 0 radical (unpaired) electrons. The Kier molecular flexibility index (Phi) is 5.56. The molecule has 0 aliphatic carbocycles. The third-order valence-electron chi connectivity index (χ3n) is 3.87. The number of rotatable bonds is 5. The van der Waals surface area contributed by atoms with Gasteiger partial charge in [-0.2, -0.15) is 0 Å². The second-order valence-corrected chi connectivity index (χ2v) is 6.16. The van der Waals surface area contributed by atoms with E-state index in [9.17, 15) is 14.0 Å². The number of nitrogens with one attached hydrogen (secondary N) is 2. The van der Waals surface area contributed by atoms with Crippen LogP contribution in [-0.2, 0) is 13.6 Å². The Bertz CT molecular complexity index is 1010. The van der Waals surface area contributed by atoms with Gasteiger partial charge < -0.3 is 10.6 Å². The molecule has 0 aliphatic heterocycles. The molecular formula is C18H17ClFN5O2. The van der Waals surface area contributed by atoms with Gasteiger partial charge in [-0.1, -0.05) is 23.7 Å². The molecule has 140 valence electrons. The minimum absolute atomic E-state index is 0.184. The predicted octanol–water partition coefficient (Wildman–Crippen LogP) is 2.86. The molecular weight excluding hydrogens is 373 g/mol. The van der Waals surface area contributed by atoms with Crippen molar-refractivity contribution in [3.8, 4) is 11.4 Å². The molecule has 9 heteroatoms. The van der Waals surface area contributed by atoms with Crippen LogP contribution >= 0.6 is 11.6 Å². The van der Waals surface area contributed by atoms with Crippen LogP contribution in [0.5, 0.6) is 0 Å². The van der Waals surface area contributed by atoms with Crippen molar-refractivity contribution >= 4 is 23.3 Å². The monoisotopic (exact) mass is 389 g/mol.